The van der Waals surface area contributed by atoms with E-state index in [1.807, 2.05) is 108 Å². The summed E-state index contributed by atoms with van der Waals surface area (Å²) in [5.41, 5.74) is 1.15. The highest BCUT2D eigenvalue weighted by molar-refractivity contribution is 6.31. The van der Waals surface area contributed by atoms with Crippen LogP contribution >= 0.6 is 0 Å². The molecule has 2 heterocycles. The number of H-pyrrole nitrogens is 1. The summed E-state index contributed by atoms with van der Waals surface area (Å²) in [5, 5.41) is 6.18. The highest BCUT2D eigenvalue weighted by atomic mass is 16.5. The van der Waals surface area contributed by atoms with Crippen molar-refractivity contribution in [1.29, 1.82) is 0 Å². The van der Waals surface area contributed by atoms with Gasteiger partial charge in [0.2, 0.25) is 11.8 Å². The van der Waals surface area contributed by atoms with Gasteiger partial charge in [-0.2, -0.15) is 0 Å². The Hall–Kier alpha value is -5.25. The Morgan fingerprint density at radius 1 is 0.548 bits per heavy atom. The monoisotopic (exact) mass is 999 g/mol. The van der Waals surface area contributed by atoms with Crippen molar-refractivity contribution in [2.45, 2.75) is 176 Å². The number of amidine groups is 1. The highest BCUT2D eigenvalue weighted by Crippen LogP contribution is 2.52. The number of amides is 2. The molecule has 6 rings (SSSR count). The van der Waals surface area contributed by atoms with Crippen LogP contribution in [0.4, 0.5) is 5.82 Å². The average molecular weight is 999 g/mol. The lowest BCUT2D eigenvalue weighted by Crippen LogP contribution is -2.50. The second-order valence-corrected chi connectivity index (χ2v) is 28.3. The summed E-state index contributed by atoms with van der Waals surface area (Å²) in [5.74, 6) is -0.311. The minimum Gasteiger partial charge on any atom is -0.458 e. The van der Waals surface area contributed by atoms with Crippen molar-refractivity contribution in [3.63, 3.8) is 0 Å². The Labute approximate surface area is 438 Å². The Kier molecular flexibility index (Phi) is 16.3. The number of hydrogen-bond acceptors (Lipinski definition) is 7. The van der Waals surface area contributed by atoms with Crippen LogP contribution in [0.15, 0.2) is 76.9 Å². The summed E-state index contributed by atoms with van der Waals surface area (Å²) in [6.07, 6.45) is 4.63. The fourth-order valence-electron chi connectivity index (χ4n) is 11.4. The van der Waals surface area contributed by atoms with E-state index in [1.54, 1.807) is 0 Å². The van der Waals surface area contributed by atoms with Gasteiger partial charge < -0.3 is 25.1 Å². The Morgan fingerprint density at radius 3 is 1.33 bits per heavy atom. The van der Waals surface area contributed by atoms with Gasteiger partial charge in [-0.05, 0) is 76.4 Å². The van der Waals surface area contributed by atoms with Crippen LogP contribution in [0.25, 0.3) is 22.8 Å². The smallest absolute Gasteiger partial charge is 0.342 e. The van der Waals surface area contributed by atoms with Crippen molar-refractivity contribution < 1.29 is 28.7 Å². The van der Waals surface area contributed by atoms with Gasteiger partial charge in [0.1, 0.15) is 35.0 Å². The molecule has 2 amide bonds. The van der Waals surface area contributed by atoms with E-state index >= 15 is 9.59 Å². The molecule has 0 radical (unpaired) electrons. The molecule has 0 bridgehead atoms. The summed E-state index contributed by atoms with van der Waals surface area (Å²) in [7, 11) is 0. The number of benzene rings is 2. The molecule has 2 saturated carbocycles. The van der Waals surface area contributed by atoms with E-state index in [0.717, 1.165) is 25.7 Å². The van der Waals surface area contributed by atoms with Crippen molar-refractivity contribution in [2.75, 3.05) is 5.32 Å². The molecule has 398 valence electrons. The van der Waals surface area contributed by atoms with Gasteiger partial charge >= 0.3 is 11.9 Å². The van der Waals surface area contributed by atoms with Gasteiger partial charge in [-0.3, -0.25) is 9.59 Å². The Morgan fingerprint density at radius 2 is 0.932 bits per heavy atom. The Bertz CT molecular complexity index is 2560. The van der Waals surface area contributed by atoms with E-state index in [-0.39, 0.29) is 79.9 Å². The van der Waals surface area contributed by atoms with E-state index in [4.69, 9.17) is 14.5 Å². The van der Waals surface area contributed by atoms with Crippen LogP contribution in [0.5, 0.6) is 0 Å². The number of carbonyl (C=O) groups excluding carboxylic acids is 4. The molecule has 2 aromatic carbocycles. The number of carbonyl (C=O) groups is 4. The van der Waals surface area contributed by atoms with Gasteiger partial charge in [0.05, 0.1) is 11.4 Å². The number of esters is 2. The normalized spacial score (nSPS) is 25.0. The number of nitrogens with zero attached hydrogens (tertiary/aromatic N) is 1. The van der Waals surface area contributed by atoms with Gasteiger partial charge in [0.15, 0.2) is 0 Å². The van der Waals surface area contributed by atoms with Gasteiger partial charge in [-0.25, -0.2) is 14.6 Å². The van der Waals surface area contributed by atoms with E-state index < -0.39 is 35.0 Å². The van der Waals surface area contributed by atoms with Crippen LogP contribution in [-0.2, 0) is 23.9 Å². The maximum Gasteiger partial charge on any atom is 0.342 e. The average Bonchev–Trinajstić information content (AvgIpc) is 3.80. The number of rotatable bonds is 8. The molecule has 1 aromatic heterocycles. The molecule has 73 heavy (non-hydrogen) atoms. The molecule has 4 unspecified atom stereocenters. The molecular formula is C63H90N4O6. The van der Waals surface area contributed by atoms with Gasteiger partial charge in [0.25, 0.3) is 0 Å². The number of allylic oxidation sites excluding steroid dienone is 1. The van der Waals surface area contributed by atoms with E-state index in [9.17, 15) is 9.59 Å². The first-order valence-electron chi connectivity index (χ1n) is 27.0. The van der Waals surface area contributed by atoms with Gasteiger partial charge in [-0.1, -0.05) is 199 Å². The summed E-state index contributed by atoms with van der Waals surface area (Å²) in [4.78, 5) is 68.0. The number of anilines is 1. The molecule has 3 aliphatic rings. The lowest BCUT2D eigenvalue weighted by Gasteiger charge is -2.50. The van der Waals surface area contributed by atoms with Crippen molar-refractivity contribution >= 4 is 47.1 Å². The molecule has 10 heteroatoms. The van der Waals surface area contributed by atoms with E-state index in [0.29, 0.717) is 45.5 Å². The fourth-order valence-corrected chi connectivity index (χ4v) is 11.4. The highest BCUT2D eigenvalue weighted by Gasteiger charge is 2.51. The van der Waals surface area contributed by atoms with Crippen LogP contribution in [0.1, 0.15) is 186 Å². The van der Waals surface area contributed by atoms with E-state index in [1.165, 1.54) is 0 Å². The summed E-state index contributed by atoms with van der Waals surface area (Å²) in [6.45, 7) is 42.2. The fraction of sp³-hybridized carbons (Fsp3) is 0.603. The summed E-state index contributed by atoms with van der Waals surface area (Å²) < 4.78 is 13.9. The lowest BCUT2D eigenvalue weighted by atomic mass is 9.59. The number of aliphatic imine (C=N–C) groups is 1. The molecule has 4 atom stereocenters. The largest absolute Gasteiger partial charge is 0.458 e. The van der Waals surface area contributed by atoms with Gasteiger partial charge in [0, 0.05) is 45.6 Å². The topological polar surface area (TPSA) is 139 Å². The molecular weight excluding hydrogens is 909 g/mol. The zero-order chi connectivity index (χ0) is 54.6. The minimum absolute atomic E-state index is 0.0628. The number of nitrogens with one attached hydrogen (secondary N) is 3. The first-order valence-corrected chi connectivity index (χ1v) is 27.0. The van der Waals surface area contributed by atoms with Crippen LogP contribution < -0.4 is 10.6 Å². The zero-order valence-corrected chi connectivity index (χ0v) is 48.2. The molecule has 2 aliphatic carbocycles. The van der Waals surface area contributed by atoms with Crippen LogP contribution in [-0.4, -0.2) is 46.8 Å². The molecule has 0 spiro atoms. The quantitative estimate of drug-likeness (QED) is 0.192. The third-order valence-electron chi connectivity index (χ3n) is 15.8. The summed E-state index contributed by atoms with van der Waals surface area (Å²) in [6, 6.07) is 19.2. The van der Waals surface area contributed by atoms with Crippen LogP contribution in [0, 0.1) is 68.0 Å². The minimum atomic E-state index is -0.838. The molecule has 1 aliphatic heterocycles. The number of aromatic nitrogens is 1. The predicted molar refractivity (Wildman–Crippen MR) is 298 cm³/mol. The lowest BCUT2D eigenvalue weighted by molar-refractivity contribution is -0.164. The number of ether oxygens (including phenoxy) is 2. The molecule has 2 fully saturated rings. The van der Waals surface area contributed by atoms with Crippen molar-refractivity contribution in [3.05, 3.63) is 88.8 Å². The zero-order valence-electron chi connectivity index (χ0n) is 48.2. The second kappa shape index (κ2) is 20.8. The van der Waals surface area contributed by atoms with Gasteiger partial charge in [-0.15, -0.1) is 0 Å². The molecule has 0 saturated heterocycles. The second-order valence-electron chi connectivity index (χ2n) is 28.3. The third-order valence-corrected chi connectivity index (χ3v) is 15.8. The van der Waals surface area contributed by atoms with Crippen molar-refractivity contribution in [2.24, 2.45) is 73.0 Å². The van der Waals surface area contributed by atoms with Crippen molar-refractivity contribution in [1.82, 2.24) is 10.3 Å². The standard InChI is InChI=1S/C63H90N4O6/c1-36-31-40(58(3,4)5)50(41(32-36)59(6,7)8)72-54(68)48-46(38-27-23-21-24-28-38)44(64-52(48)66-56(70)62(15,16)17)35-45-47(39-29-25-22-26-30-39)49(53(65-45)67-57(71)63(18,19)20)55(69)73-51-42(60(9,10)11)33-37(2)34-43(51)61(12,13)14/h21-30,35-37,40-43,50-51,64H,31-34H2,1-20H3,(H,66,70)(H,65,67,71). The van der Waals surface area contributed by atoms with Crippen LogP contribution in [0.2, 0.25) is 0 Å². The predicted octanol–water partition coefficient (Wildman–Crippen LogP) is 15.0. The SMILES string of the molecule is CC1CC(C(C)(C)C)C(OC(=O)C2=C(c3ccccc3)C(=Cc3[nH]c(NC(=O)C(C)(C)C)c(C(=O)OC4C(C(C)(C)C)CC(C)CC4C(C)(C)C)c3-c3ccccc3)N=C2NC(=O)C(C)(C)C)C(C(C)(C)C)C1. The molecule has 3 N–H and O–H groups in total. The third kappa shape index (κ3) is 13.0. The number of aromatic amines is 1. The number of hydrogen-bond donors (Lipinski definition) is 3. The molecule has 3 aromatic rings. The first kappa shape index (κ1) is 57.0. The Balaban J connectivity index is 1.65. The van der Waals surface area contributed by atoms with Crippen molar-refractivity contribution in [3.8, 4) is 11.1 Å². The van der Waals surface area contributed by atoms with Crippen LogP contribution in [0.3, 0.4) is 0 Å². The summed E-state index contributed by atoms with van der Waals surface area (Å²) >= 11 is 0. The molecule has 10 nitrogen and oxygen atoms in total. The maximum atomic E-state index is 15.6. The first-order chi connectivity index (χ1) is 33.5. The van der Waals surface area contributed by atoms with E-state index in [2.05, 4.69) is 113 Å². The maximum absolute atomic E-state index is 15.6.